The Morgan fingerprint density at radius 2 is 2.15 bits per heavy atom. The van der Waals surface area contributed by atoms with Crippen molar-refractivity contribution in [2.75, 3.05) is 6.61 Å². The summed E-state index contributed by atoms with van der Waals surface area (Å²) in [6, 6.07) is -0.410. The SMILES string of the molecule is O=C1CC2(CC(CO)C2)NC(=O)N1. The third-order valence-corrected chi connectivity index (χ3v) is 2.75. The normalized spacial score (nSPS) is 38.1. The first kappa shape index (κ1) is 8.50. The number of carbonyl (C=O) groups excluding carboxylic acids is 2. The van der Waals surface area contributed by atoms with Gasteiger partial charge in [-0.2, -0.15) is 0 Å². The number of hydrogen-bond acceptors (Lipinski definition) is 3. The summed E-state index contributed by atoms with van der Waals surface area (Å²) in [5.74, 6) is 0.0198. The number of carbonyl (C=O) groups is 2. The van der Waals surface area contributed by atoms with Crippen molar-refractivity contribution >= 4 is 11.9 Å². The Bertz CT molecular complexity index is 240. The lowest BCUT2D eigenvalue weighted by Crippen LogP contribution is -2.66. The number of rotatable bonds is 1. The minimum absolute atomic E-state index is 0.138. The first-order valence-corrected chi connectivity index (χ1v) is 4.36. The highest BCUT2D eigenvalue weighted by Gasteiger charge is 2.48. The zero-order valence-electron chi connectivity index (χ0n) is 7.17. The molecule has 0 unspecified atom stereocenters. The Balaban J connectivity index is 2.01. The molecule has 2 fully saturated rings. The highest BCUT2D eigenvalue weighted by molar-refractivity contribution is 5.98. The predicted molar refractivity (Wildman–Crippen MR) is 43.8 cm³/mol. The van der Waals surface area contributed by atoms with Crippen LogP contribution in [0.2, 0.25) is 0 Å². The van der Waals surface area contributed by atoms with Crippen molar-refractivity contribution < 1.29 is 14.7 Å². The van der Waals surface area contributed by atoms with Crippen molar-refractivity contribution in [3.8, 4) is 0 Å². The van der Waals surface area contributed by atoms with Crippen LogP contribution in [0.1, 0.15) is 19.3 Å². The minimum Gasteiger partial charge on any atom is -0.396 e. The topological polar surface area (TPSA) is 78.4 Å². The fraction of sp³-hybridized carbons (Fsp3) is 0.750. The summed E-state index contributed by atoms with van der Waals surface area (Å²) < 4.78 is 0. The molecule has 5 nitrogen and oxygen atoms in total. The van der Waals surface area contributed by atoms with Crippen molar-refractivity contribution in [1.29, 1.82) is 0 Å². The van der Waals surface area contributed by atoms with Crippen LogP contribution in [0.3, 0.4) is 0 Å². The van der Waals surface area contributed by atoms with E-state index in [0.29, 0.717) is 19.3 Å². The second-order valence-corrected chi connectivity index (χ2v) is 3.92. The van der Waals surface area contributed by atoms with Gasteiger partial charge < -0.3 is 10.4 Å². The van der Waals surface area contributed by atoms with E-state index in [1.807, 2.05) is 0 Å². The van der Waals surface area contributed by atoms with E-state index >= 15 is 0 Å². The Hall–Kier alpha value is -1.10. The first-order chi connectivity index (χ1) is 6.13. The van der Waals surface area contributed by atoms with E-state index in [-0.39, 0.29) is 24.0 Å². The molecule has 3 N–H and O–H groups in total. The summed E-state index contributed by atoms with van der Waals surface area (Å²) in [5.41, 5.74) is -0.354. The number of hydrogen-bond donors (Lipinski definition) is 3. The highest BCUT2D eigenvalue weighted by atomic mass is 16.3. The standard InChI is InChI=1S/C8H12N2O3/c11-4-5-1-8(2-5)3-6(12)9-7(13)10-8/h5,11H,1-4H2,(H2,9,10,12,13). The molecule has 1 spiro atoms. The molecule has 0 aromatic heterocycles. The van der Waals surface area contributed by atoms with Gasteiger partial charge in [0.15, 0.2) is 0 Å². The van der Waals surface area contributed by atoms with Crippen molar-refractivity contribution in [3.05, 3.63) is 0 Å². The number of amides is 3. The van der Waals surface area contributed by atoms with Crippen LogP contribution in [0, 0.1) is 5.92 Å². The van der Waals surface area contributed by atoms with E-state index in [1.165, 1.54) is 0 Å². The van der Waals surface area contributed by atoms with Crippen LogP contribution in [0.25, 0.3) is 0 Å². The van der Waals surface area contributed by atoms with Crippen molar-refractivity contribution in [1.82, 2.24) is 10.6 Å². The lowest BCUT2D eigenvalue weighted by Gasteiger charge is -2.49. The lowest BCUT2D eigenvalue weighted by atomic mass is 9.66. The third-order valence-electron chi connectivity index (χ3n) is 2.75. The molecule has 3 amide bonds. The van der Waals surface area contributed by atoms with Crippen LogP contribution in [-0.4, -0.2) is 29.2 Å². The van der Waals surface area contributed by atoms with E-state index in [1.54, 1.807) is 0 Å². The van der Waals surface area contributed by atoms with Gasteiger partial charge in [-0.15, -0.1) is 0 Å². The molecular weight excluding hydrogens is 172 g/mol. The Kier molecular flexibility index (Phi) is 1.76. The Labute approximate surface area is 75.5 Å². The van der Waals surface area contributed by atoms with Gasteiger partial charge in [0.1, 0.15) is 0 Å². The monoisotopic (exact) mass is 184 g/mol. The second-order valence-electron chi connectivity index (χ2n) is 3.92. The Morgan fingerprint density at radius 3 is 2.69 bits per heavy atom. The summed E-state index contributed by atoms with van der Waals surface area (Å²) in [6.45, 7) is 0.138. The molecule has 0 aromatic rings. The van der Waals surface area contributed by atoms with E-state index in [0.717, 1.165) is 0 Å². The summed E-state index contributed by atoms with van der Waals surface area (Å²) in [4.78, 5) is 22.0. The molecular formula is C8H12N2O3. The van der Waals surface area contributed by atoms with Gasteiger partial charge in [-0.3, -0.25) is 10.1 Å². The number of imide groups is 1. The fourth-order valence-corrected chi connectivity index (χ4v) is 2.22. The molecule has 2 rings (SSSR count). The molecule has 72 valence electrons. The van der Waals surface area contributed by atoms with Gasteiger partial charge in [0, 0.05) is 6.61 Å². The quantitative estimate of drug-likeness (QED) is 0.507. The van der Waals surface area contributed by atoms with Crippen LogP contribution in [-0.2, 0) is 4.79 Å². The zero-order chi connectivity index (χ0) is 9.47. The average Bonchev–Trinajstić information content (AvgIpc) is 1.97. The molecule has 0 aromatic carbocycles. The van der Waals surface area contributed by atoms with Gasteiger partial charge in [-0.25, -0.2) is 4.79 Å². The first-order valence-electron chi connectivity index (χ1n) is 4.36. The van der Waals surface area contributed by atoms with Crippen LogP contribution >= 0.6 is 0 Å². The maximum absolute atomic E-state index is 11.0. The number of nitrogens with one attached hydrogen (secondary N) is 2. The number of aliphatic hydroxyl groups excluding tert-OH is 1. The summed E-state index contributed by atoms with van der Waals surface area (Å²) >= 11 is 0. The molecule has 2 aliphatic rings. The van der Waals surface area contributed by atoms with Crippen LogP contribution in [0.15, 0.2) is 0 Å². The van der Waals surface area contributed by atoms with Crippen LogP contribution in [0.5, 0.6) is 0 Å². The molecule has 0 radical (unpaired) electrons. The molecule has 5 heteroatoms. The molecule has 1 heterocycles. The van der Waals surface area contributed by atoms with Crippen molar-refractivity contribution in [2.45, 2.75) is 24.8 Å². The van der Waals surface area contributed by atoms with Gasteiger partial charge in [0.05, 0.1) is 12.0 Å². The van der Waals surface area contributed by atoms with Crippen molar-refractivity contribution in [3.63, 3.8) is 0 Å². The van der Waals surface area contributed by atoms with Gasteiger partial charge in [0.2, 0.25) is 5.91 Å². The predicted octanol–water partition coefficient (Wildman–Crippen LogP) is -0.643. The third kappa shape index (κ3) is 1.39. The summed E-state index contributed by atoms with van der Waals surface area (Å²) in [5, 5.41) is 13.7. The van der Waals surface area contributed by atoms with Gasteiger partial charge >= 0.3 is 6.03 Å². The largest absolute Gasteiger partial charge is 0.396 e. The van der Waals surface area contributed by atoms with E-state index in [4.69, 9.17) is 5.11 Å². The maximum Gasteiger partial charge on any atom is 0.321 e. The van der Waals surface area contributed by atoms with Gasteiger partial charge in [-0.05, 0) is 18.8 Å². The molecule has 13 heavy (non-hydrogen) atoms. The Morgan fingerprint density at radius 1 is 1.46 bits per heavy atom. The van der Waals surface area contributed by atoms with Crippen LogP contribution < -0.4 is 10.6 Å². The van der Waals surface area contributed by atoms with Crippen molar-refractivity contribution in [2.24, 2.45) is 5.92 Å². The molecule has 0 atom stereocenters. The highest BCUT2D eigenvalue weighted by Crippen LogP contribution is 2.40. The molecule has 1 saturated carbocycles. The lowest BCUT2D eigenvalue weighted by molar-refractivity contribution is -0.124. The van der Waals surface area contributed by atoms with Gasteiger partial charge in [0.25, 0.3) is 0 Å². The minimum atomic E-state index is -0.410. The second kappa shape index (κ2) is 2.70. The maximum atomic E-state index is 11.0. The molecule has 1 aliphatic heterocycles. The van der Waals surface area contributed by atoms with E-state index in [2.05, 4.69) is 10.6 Å². The smallest absolute Gasteiger partial charge is 0.321 e. The molecule has 1 aliphatic carbocycles. The van der Waals surface area contributed by atoms with E-state index in [9.17, 15) is 9.59 Å². The van der Waals surface area contributed by atoms with Gasteiger partial charge in [-0.1, -0.05) is 0 Å². The summed E-state index contributed by atoms with van der Waals surface area (Å²) in [6.07, 6.45) is 1.76. The molecule has 0 bridgehead atoms. The number of aliphatic hydroxyl groups is 1. The van der Waals surface area contributed by atoms with Crippen LogP contribution in [0.4, 0.5) is 4.79 Å². The van der Waals surface area contributed by atoms with E-state index < -0.39 is 6.03 Å². The molecule has 1 saturated heterocycles. The number of urea groups is 1. The summed E-state index contributed by atoms with van der Waals surface area (Å²) in [7, 11) is 0. The average molecular weight is 184 g/mol. The fourth-order valence-electron chi connectivity index (χ4n) is 2.22. The zero-order valence-corrected chi connectivity index (χ0v) is 7.17.